The van der Waals surface area contributed by atoms with Crippen molar-refractivity contribution in [2.75, 3.05) is 11.1 Å². The lowest BCUT2D eigenvalue weighted by Gasteiger charge is -2.11. The highest BCUT2D eigenvalue weighted by Crippen LogP contribution is 2.22. The van der Waals surface area contributed by atoms with Gasteiger partial charge in [-0.1, -0.05) is 68.6 Å². The van der Waals surface area contributed by atoms with E-state index in [4.69, 9.17) is 0 Å². The smallest absolute Gasteiger partial charge is 0.234 e. The van der Waals surface area contributed by atoms with Gasteiger partial charge in [-0.15, -0.1) is 16.8 Å². The van der Waals surface area contributed by atoms with Gasteiger partial charge >= 0.3 is 0 Å². The molecule has 0 bridgehead atoms. The van der Waals surface area contributed by atoms with E-state index in [1.807, 2.05) is 38.1 Å². The van der Waals surface area contributed by atoms with Crippen LogP contribution in [0.3, 0.4) is 0 Å². The van der Waals surface area contributed by atoms with Crippen molar-refractivity contribution in [1.29, 1.82) is 0 Å². The highest BCUT2D eigenvalue weighted by molar-refractivity contribution is 7.99. The Morgan fingerprint density at radius 1 is 1.18 bits per heavy atom. The van der Waals surface area contributed by atoms with E-state index in [2.05, 4.69) is 33.6 Å². The average Bonchev–Trinajstić information content (AvgIpc) is 3.05. The normalized spacial score (nSPS) is 10.8. The van der Waals surface area contributed by atoms with Gasteiger partial charge in [0, 0.05) is 18.7 Å². The number of nitrogens with zero attached hydrogens (tertiary/aromatic N) is 3. The molecule has 28 heavy (non-hydrogen) atoms. The van der Waals surface area contributed by atoms with Gasteiger partial charge in [-0.3, -0.25) is 4.79 Å². The maximum Gasteiger partial charge on any atom is 0.234 e. The molecule has 2 aromatic rings. The molecule has 152 valence electrons. The number of carbonyl (C=O) groups is 1. The van der Waals surface area contributed by atoms with Crippen LogP contribution >= 0.6 is 11.8 Å². The van der Waals surface area contributed by atoms with E-state index in [1.165, 1.54) is 37.4 Å². The third kappa shape index (κ3) is 6.51. The first-order valence-electron chi connectivity index (χ1n) is 10.1. The van der Waals surface area contributed by atoms with Crippen molar-refractivity contribution >= 4 is 23.4 Å². The van der Waals surface area contributed by atoms with Gasteiger partial charge in [0.1, 0.15) is 5.82 Å². The lowest BCUT2D eigenvalue weighted by molar-refractivity contribution is -0.113. The molecule has 0 atom stereocenters. The van der Waals surface area contributed by atoms with Crippen LogP contribution in [-0.2, 0) is 17.8 Å². The largest absolute Gasteiger partial charge is 0.325 e. The molecule has 0 unspecified atom stereocenters. The zero-order chi connectivity index (χ0) is 20.4. The summed E-state index contributed by atoms with van der Waals surface area (Å²) in [6, 6.07) is 6.00. The molecule has 1 heterocycles. The minimum atomic E-state index is -0.0309. The fourth-order valence-electron chi connectivity index (χ4n) is 3.13. The van der Waals surface area contributed by atoms with Crippen molar-refractivity contribution in [2.45, 2.75) is 71.0 Å². The molecule has 0 aliphatic rings. The van der Waals surface area contributed by atoms with Gasteiger partial charge in [-0.05, 0) is 31.4 Å². The van der Waals surface area contributed by atoms with Crippen molar-refractivity contribution < 1.29 is 4.79 Å². The number of benzene rings is 1. The Morgan fingerprint density at radius 2 is 1.89 bits per heavy atom. The molecule has 6 heteroatoms. The predicted octanol–water partition coefficient (Wildman–Crippen LogP) is 5.32. The number of unbranched alkanes of at least 4 members (excludes halogenated alkanes) is 4. The Balaban J connectivity index is 1.93. The molecule has 1 N–H and O–H groups in total. The molecule has 0 aliphatic carbocycles. The molecule has 0 saturated heterocycles. The van der Waals surface area contributed by atoms with Crippen LogP contribution in [0.15, 0.2) is 36.0 Å². The number of para-hydroxylation sites is 1. The Bertz CT molecular complexity index is 765. The maximum atomic E-state index is 12.4. The van der Waals surface area contributed by atoms with Crippen molar-refractivity contribution in [2.24, 2.45) is 0 Å². The lowest BCUT2D eigenvalue weighted by Crippen LogP contribution is -2.16. The number of aromatic nitrogens is 3. The highest BCUT2D eigenvalue weighted by atomic mass is 32.2. The monoisotopic (exact) mass is 400 g/mol. The van der Waals surface area contributed by atoms with Gasteiger partial charge in [0.25, 0.3) is 0 Å². The van der Waals surface area contributed by atoms with E-state index < -0.39 is 0 Å². The molecule has 0 saturated carbocycles. The number of nitrogens with one attached hydrogen (secondary N) is 1. The summed E-state index contributed by atoms with van der Waals surface area (Å²) in [4.78, 5) is 12.4. The van der Waals surface area contributed by atoms with Crippen LogP contribution in [0.4, 0.5) is 5.69 Å². The highest BCUT2D eigenvalue weighted by Gasteiger charge is 2.14. The van der Waals surface area contributed by atoms with E-state index in [9.17, 15) is 4.79 Å². The summed E-state index contributed by atoms with van der Waals surface area (Å²) in [6.07, 6.45) is 8.91. The summed E-state index contributed by atoms with van der Waals surface area (Å²) >= 11 is 1.42. The van der Waals surface area contributed by atoms with E-state index in [0.717, 1.165) is 40.6 Å². The molecule has 0 radical (unpaired) electrons. The van der Waals surface area contributed by atoms with Crippen LogP contribution in [0.5, 0.6) is 0 Å². The van der Waals surface area contributed by atoms with Gasteiger partial charge in [0.05, 0.1) is 5.75 Å². The number of rotatable bonds is 12. The molecule has 0 spiro atoms. The minimum absolute atomic E-state index is 0.0309. The van der Waals surface area contributed by atoms with Crippen LogP contribution in [0, 0.1) is 13.8 Å². The predicted molar refractivity (Wildman–Crippen MR) is 118 cm³/mol. The quantitative estimate of drug-likeness (QED) is 0.297. The summed E-state index contributed by atoms with van der Waals surface area (Å²) in [6.45, 7) is 10.7. The number of aryl methyl sites for hydroxylation is 3. The topological polar surface area (TPSA) is 59.8 Å². The van der Waals surface area contributed by atoms with Crippen LogP contribution in [0.1, 0.15) is 56.0 Å². The Hall–Kier alpha value is -2.08. The van der Waals surface area contributed by atoms with Crippen molar-refractivity contribution in [3.63, 3.8) is 0 Å². The van der Waals surface area contributed by atoms with Crippen LogP contribution in [0.25, 0.3) is 0 Å². The van der Waals surface area contributed by atoms with Gasteiger partial charge in [0.2, 0.25) is 5.91 Å². The molecule has 1 aromatic heterocycles. The number of carbonyl (C=O) groups excluding carboxylic acids is 1. The zero-order valence-corrected chi connectivity index (χ0v) is 18.1. The van der Waals surface area contributed by atoms with Gasteiger partial charge < -0.3 is 9.88 Å². The molecule has 0 fully saturated rings. The van der Waals surface area contributed by atoms with Crippen molar-refractivity contribution in [1.82, 2.24) is 14.8 Å². The second-order valence-electron chi connectivity index (χ2n) is 7.07. The van der Waals surface area contributed by atoms with E-state index in [0.29, 0.717) is 12.3 Å². The zero-order valence-electron chi connectivity index (χ0n) is 17.3. The van der Waals surface area contributed by atoms with E-state index in [-0.39, 0.29) is 5.91 Å². The number of hydrogen-bond donors (Lipinski definition) is 1. The third-order valence-corrected chi connectivity index (χ3v) is 5.65. The molecule has 2 rings (SSSR count). The molecule has 0 aliphatic heterocycles. The number of hydrogen-bond acceptors (Lipinski definition) is 4. The molecule has 1 aromatic carbocycles. The van der Waals surface area contributed by atoms with Gasteiger partial charge in [-0.2, -0.15) is 0 Å². The van der Waals surface area contributed by atoms with Crippen LogP contribution in [0.2, 0.25) is 0 Å². The third-order valence-electron chi connectivity index (χ3n) is 4.69. The summed E-state index contributed by atoms with van der Waals surface area (Å²) in [7, 11) is 0. The van der Waals surface area contributed by atoms with E-state index in [1.54, 1.807) is 0 Å². The van der Waals surface area contributed by atoms with Gasteiger partial charge in [-0.25, -0.2) is 0 Å². The fourth-order valence-corrected chi connectivity index (χ4v) is 3.89. The molecule has 1 amide bonds. The minimum Gasteiger partial charge on any atom is -0.325 e. The number of allylic oxidation sites excluding steroid dienone is 1. The standard InChI is InChI=1S/C22H32N4OS/c1-5-7-8-9-10-14-19-24-25-22(26(19)15-6-2)28-16-20(27)23-21-17(3)12-11-13-18(21)4/h6,11-13H,2,5,7-10,14-16H2,1,3-4H3,(H,23,27). The first-order valence-corrected chi connectivity index (χ1v) is 11.1. The molecular weight excluding hydrogens is 368 g/mol. The summed E-state index contributed by atoms with van der Waals surface area (Å²) < 4.78 is 2.07. The second-order valence-corrected chi connectivity index (χ2v) is 8.01. The van der Waals surface area contributed by atoms with Gasteiger partial charge in [0.15, 0.2) is 5.16 Å². The Kier molecular flexibility index (Phi) is 9.28. The Labute approximate surface area is 173 Å². The first kappa shape index (κ1) is 22.2. The summed E-state index contributed by atoms with van der Waals surface area (Å²) in [5.74, 6) is 1.25. The van der Waals surface area contributed by atoms with Crippen molar-refractivity contribution in [3.8, 4) is 0 Å². The average molecular weight is 401 g/mol. The fraction of sp³-hybridized carbons (Fsp3) is 0.500. The molecular formula is C22H32N4OS. The Morgan fingerprint density at radius 3 is 2.57 bits per heavy atom. The summed E-state index contributed by atoms with van der Waals surface area (Å²) in [5, 5.41) is 12.5. The number of thioether (sulfide) groups is 1. The molecule has 5 nitrogen and oxygen atoms in total. The number of anilines is 1. The van der Waals surface area contributed by atoms with Crippen LogP contribution < -0.4 is 5.32 Å². The number of amides is 1. The van der Waals surface area contributed by atoms with Crippen LogP contribution in [-0.4, -0.2) is 26.4 Å². The maximum absolute atomic E-state index is 12.4. The SMILES string of the molecule is C=CCn1c(CCCCCCC)nnc1SCC(=O)Nc1c(C)cccc1C. The first-order chi connectivity index (χ1) is 13.6. The second kappa shape index (κ2) is 11.7. The van der Waals surface area contributed by atoms with Crippen molar-refractivity contribution in [3.05, 3.63) is 47.8 Å². The lowest BCUT2D eigenvalue weighted by atomic mass is 10.1. The van der Waals surface area contributed by atoms with E-state index >= 15 is 0 Å². The summed E-state index contributed by atoms with van der Waals surface area (Å²) in [5.41, 5.74) is 3.03.